The summed E-state index contributed by atoms with van der Waals surface area (Å²) < 4.78 is 17.2. The van der Waals surface area contributed by atoms with E-state index in [9.17, 15) is 14.4 Å². The zero-order chi connectivity index (χ0) is 35.5. The Morgan fingerprint density at radius 2 is 1.36 bits per heavy atom. The van der Waals surface area contributed by atoms with Crippen molar-refractivity contribution in [3.8, 4) is 5.75 Å². The minimum absolute atomic E-state index is 0.0102. The van der Waals surface area contributed by atoms with Crippen molar-refractivity contribution in [1.82, 2.24) is 14.7 Å². The van der Waals surface area contributed by atoms with E-state index in [0.29, 0.717) is 25.4 Å². The van der Waals surface area contributed by atoms with Gasteiger partial charge in [0.05, 0.1) is 25.6 Å². The monoisotopic (exact) mass is 677 g/mol. The van der Waals surface area contributed by atoms with E-state index in [4.69, 9.17) is 14.2 Å². The van der Waals surface area contributed by atoms with Crippen molar-refractivity contribution >= 4 is 18.0 Å². The molecule has 0 saturated carbocycles. The van der Waals surface area contributed by atoms with Crippen LogP contribution in [-0.4, -0.2) is 84.1 Å². The van der Waals surface area contributed by atoms with E-state index in [1.54, 1.807) is 16.9 Å². The van der Waals surface area contributed by atoms with Gasteiger partial charge in [-0.15, -0.1) is 0 Å². The molecule has 0 spiro atoms. The number of ketones is 1. The first-order chi connectivity index (χ1) is 24.1. The van der Waals surface area contributed by atoms with Crippen molar-refractivity contribution in [2.24, 2.45) is 0 Å². The Labute approximate surface area is 295 Å². The number of Topliss-reactive ketones (excluding diaryl/α,β-unsaturated/α-hetero) is 1. The largest absolute Gasteiger partial charge is 0.496 e. The molecule has 1 aliphatic heterocycles. The summed E-state index contributed by atoms with van der Waals surface area (Å²) in [4.78, 5) is 46.8. The van der Waals surface area contributed by atoms with Gasteiger partial charge >= 0.3 is 12.2 Å². The molecule has 4 aromatic carbocycles. The third kappa shape index (κ3) is 9.95. The van der Waals surface area contributed by atoms with Crippen LogP contribution in [0.2, 0.25) is 0 Å². The minimum Gasteiger partial charge on any atom is -0.496 e. The highest BCUT2D eigenvalue weighted by Gasteiger charge is 2.37. The lowest BCUT2D eigenvalue weighted by Crippen LogP contribution is -2.60. The lowest BCUT2D eigenvalue weighted by Gasteiger charge is -2.43. The van der Waals surface area contributed by atoms with Gasteiger partial charge in [-0.05, 0) is 43.5 Å². The molecule has 50 heavy (non-hydrogen) atoms. The van der Waals surface area contributed by atoms with E-state index in [1.807, 2.05) is 141 Å². The number of hydrogen-bond acceptors (Lipinski definition) is 7. The summed E-state index contributed by atoms with van der Waals surface area (Å²) >= 11 is 0. The van der Waals surface area contributed by atoms with Crippen LogP contribution in [-0.2, 0) is 27.4 Å². The lowest BCUT2D eigenvalue weighted by molar-refractivity contribution is -0.121. The molecule has 0 aliphatic carbocycles. The van der Waals surface area contributed by atoms with Gasteiger partial charge < -0.3 is 24.0 Å². The van der Waals surface area contributed by atoms with Crippen LogP contribution in [0, 0.1) is 0 Å². The van der Waals surface area contributed by atoms with Crippen molar-refractivity contribution in [2.75, 3.05) is 39.8 Å². The van der Waals surface area contributed by atoms with Gasteiger partial charge in [-0.1, -0.05) is 109 Å². The summed E-state index contributed by atoms with van der Waals surface area (Å²) in [6.45, 7) is 7.15. The fourth-order valence-electron chi connectivity index (χ4n) is 6.27. The summed E-state index contributed by atoms with van der Waals surface area (Å²) in [7, 11) is 1.62. The van der Waals surface area contributed by atoms with Gasteiger partial charge in [0.1, 0.15) is 18.0 Å². The first-order valence-corrected chi connectivity index (χ1v) is 17.0. The Morgan fingerprint density at radius 1 is 0.780 bits per heavy atom. The Bertz CT molecular complexity index is 1650. The molecule has 9 nitrogen and oxygen atoms in total. The van der Waals surface area contributed by atoms with Gasteiger partial charge in [0.2, 0.25) is 0 Å². The molecule has 0 bridgehead atoms. The predicted octanol–water partition coefficient (Wildman–Crippen LogP) is 7.16. The smallest absolute Gasteiger partial charge is 0.410 e. The van der Waals surface area contributed by atoms with Crippen molar-refractivity contribution in [3.05, 3.63) is 138 Å². The normalized spacial score (nSPS) is 14.8. The molecule has 0 radical (unpaired) electrons. The van der Waals surface area contributed by atoms with Crippen LogP contribution in [0.15, 0.2) is 115 Å². The zero-order valence-electron chi connectivity index (χ0n) is 29.4. The van der Waals surface area contributed by atoms with Crippen LogP contribution in [0.3, 0.4) is 0 Å². The quantitative estimate of drug-likeness (QED) is 0.157. The number of para-hydroxylation sites is 1. The number of rotatable bonds is 12. The van der Waals surface area contributed by atoms with Gasteiger partial charge in [0.25, 0.3) is 0 Å². The van der Waals surface area contributed by atoms with Crippen molar-refractivity contribution in [3.63, 3.8) is 0 Å². The number of piperazine rings is 1. The van der Waals surface area contributed by atoms with Crippen molar-refractivity contribution < 1.29 is 28.6 Å². The molecular weight excluding hydrogens is 630 g/mol. The van der Waals surface area contributed by atoms with Crippen LogP contribution in [0.1, 0.15) is 48.9 Å². The molecule has 0 N–H and O–H groups in total. The predicted molar refractivity (Wildman–Crippen MR) is 193 cm³/mol. The second-order valence-corrected chi connectivity index (χ2v) is 13.5. The van der Waals surface area contributed by atoms with Crippen LogP contribution in [0.4, 0.5) is 9.59 Å². The van der Waals surface area contributed by atoms with Crippen LogP contribution < -0.4 is 4.74 Å². The first-order valence-electron chi connectivity index (χ1n) is 17.0. The number of benzene rings is 4. The summed E-state index contributed by atoms with van der Waals surface area (Å²) in [5.74, 6) is 0.220. The van der Waals surface area contributed by atoms with Gasteiger partial charge in [0, 0.05) is 38.3 Å². The Balaban J connectivity index is 1.44. The molecule has 1 aliphatic rings. The Hall–Kier alpha value is -5.15. The third-order valence-electron chi connectivity index (χ3n) is 8.60. The third-order valence-corrected chi connectivity index (χ3v) is 8.60. The van der Waals surface area contributed by atoms with Crippen molar-refractivity contribution in [2.45, 2.75) is 51.5 Å². The molecule has 262 valence electrons. The lowest BCUT2D eigenvalue weighted by atomic mass is 9.87. The summed E-state index contributed by atoms with van der Waals surface area (Å²) in [6, 6.07) is 36.3. The zero-order valence-corrected chi connectivity index (χ0v) is 29.4. The maximum Gasteiger partial charge on any atom is 0.410 e. The van der Waals surface area contributed by atoms with Gasteiger partial charge in [-0.25, -0.2) is 9.59 Å². The highest BCUT2D eigenvalue weighted by Crippen LogP contribution is 2.28. The second kappa shape index (κ2) is 17.0. The molecule has 0 aromatic heterocycles. The van der Waals surface area contributed by atoms with E-state index in [0.717, 1.165) is 22.3 Å². The summed E-state index contributed by atoms with van der Waals surface area (Å²) in [5.41, 5.74) is 2.89. The molecular formula is C41H47N3O6. The summed E-state index contributed by atoms with van der Waals surface area (Å²) in [6.07, 6.45) is -0.918. The first kappa shape index (κ1) is 36.1. The number of methoxy groups -OCH3 is 1. The number of carbonyl (C=O) groups excluding carboxylic acids is 3. The molecule has 0 unspecified atom stereocenters. The SMILES string of the molecule is COc1ccccc1CN(CC(=O)C(c1ccccc1)c1ccccc1)C[C@H]1CN(C(=O)OCc2ccccc2)CCN1C(=O)OC(C)(C)C. The highest BCUT2D eigenvalue weighted by molar-refractivity contribution is 5.90. The summed E-state index contributed by atoms with van der Waals surface area (Å²) in [5, 5.41) is 0. The van der Waals surface area contributed by atoms with Gasteiger partial charge in [0.15, 0.2) is 5.78 Å². The van der Waals surface area contributed by atoms with Crippen LogP contribution in [0.25, 0.3) is 0 Å². The van der Waals surface area contributed by atoms with E-state index in [2.05, 4.69) is 0 Å². The topological polar surface area (TPSA) is 88.6 Å². The average molecular weight is 678 g/mol. The van der Waals surface area contributed by atoms with E-state index in [1.165, 1.54) is 0 Å². The maximum absolute atomic E-state index is 14.5. The fraction of sp³-hybridized carbons (Fsp3) is 0.341. The van der Waals surface area contributed by atoms with Crippen molar-refractivity contribution in [1.29, 1.82) is 0 Å². The molecule has 1 fully saturated rings. The second-order valence-electron chi connectivity index (χ2n) is 13.5. The Kier molecular flexibility index (Phi) is 12.3. The Morgan fingerprint density at radius 3 is 1.96 bits per heavy atom. The highest BCUT2D eigenvalue weighted by atomic mass is 16.6. The van der Waals surface area contributed by atoms with Crippen LogP contribution in [0.5, 0.6) is 5.75 Å². The molecule has 9 heteroatoms. The molecule has 1 saturated heterocycles. The number of ether oxygens (including phenoxy) is 3. The minimum atomic E-state index is -0.709. The van der Waals surface area contributed by atoms with E-state index < -0.39 is 29.7 Å². The molecule has 5 rings (SSSR count). The standard InChI is InChI=1S/C41H47N3O6/c1-41(2,3)50-40(47)44-25-24-43(39(46)49-30-31-16-8-5-9-17-31)28-35(44)27-42(26-34-22-14-15-23-37(34)48-4)29-36(45)38(32-18-10-6-11-19-32)33-20-12-7-13-21-33/h5-23,35,38H,24-30H2,1-4H3/t35-/m0/s1. The maximum atomic E-state index is 14.5. The average Bonchev–Trinajstić information content (AvgIpc) is 3.11. The van der Waals surface area contributed by atoms with Gasteiger partial charge in [-0.2, -0.15) is 0 Å². The molecule has 1 heterocycles. The van der Waals surface area contributed by atoms with Gasteiger partial charge in [-0.3, -0.25) is 9.69 Å². The number of hydrogen-bond donors (Lipinski definition) is 0. The number of carbonyl (C=O) groups is 3. The number of nitrogens with zero attached hydrogens (tertiary/aromatic N) is 3. The van der Waals surface area contributed by atoms with Crippen LogP contribution >= 0.6 is 0 Å². The molecule has 1 atom stereocenters. The van der Waals surface area contributed by atoms with E-state index >= 15 is 0 Å². The fourth-order valence-corrected chi connectivity index (χ4v) is 6.27. The number of amides is 2. The molecule has 2 amide bonds. The molecule has 4 aromatic rings. The van der Waals surface area contributed by atoms with E-state index in [-0.39, 0.29) is 32.0 Å².